The maximum Gasteiger partial charge on any atom is 0.123 e. The molecule has 1 aromatic heterocycles. The second-order valence-corrected chi connectivity index (χ2v) is 5.65. The van der Waals surface area contributed by atoms with Crippen LogP contribution in [0.5, 0.6) is 0 Å². The number of nitrogens with zero attached hydrogens (tertiary/aromatic N) is 1. The molecule has 0 aliphatic heterocycles. The maximum absolute atomic E-state index is 13.7. The van der Waals surface area contributed by atoms with Crippen LogP contribution in [0.25, 0.3) is 0 Å². The third-order valence-electron chi connectivity index (χ3n) is 3.39. The maximum atomic E-state index is 13.7. The molecule has 1 heterocycles. The van der Waals surface area contributed by atoms with E-state index in [9.17, 15) is 4.39 Å². The number of rotatable bonds is 6. The smallest absolute Gasteiger partial charge is 0.123 e. The molecule has 4 heteroatoms. The third-order valence-corrected chi connectivity index (χ3v) is 3.73. The molecule has 0 aliphatic rings. The number of hydrogen-bond donors (Lipinski definition) is 1. The van der Waals surface area contributed by atoms with Crippen LogP contribution in [-0.4, -0.2) is 11.5 Å². The highest BCUT2D eigenvalue weighted by Gasteiger charge is 2.14. The Morgan fingerprint density at radius 2 is 2.14 bits per heavy atom. The minimum absolute atomic E-state index is 0.0410. The molecule has 2 rings (SSSR count). The van der Waals surface area contributed by atoms with Gasteiger partial charge in [0.15, 0.2) is 0 Å². The number of halogens is 2. The first-order valence-corrected chi connectivity index (χ1v) is 7.56. The normalized spacial score (nSPS) is 12.4. The molecule has 0 saturated carbocycles. The summed E-state index contributed by atoms with van der Waals surface area (Å²) in [6.07, 6.45) is 5.11. The zero-order chi connectivity index (χ0) is 15.2. The van der Waals surface area contributed by atoms with Gasteiger partial charge >= 0.3 is 0 Å². The monoisotopic (exact) mass is 306 g/mol. The lowest BCUT2D eigenvalue weighted by molar-refractivity contribution is 0.523. The Kier molecular flexibility index (Phi) is 5.71. The topological polar surface area (TPSA) is 24.9 Å². The second kappa shape index (κ2) is 7.53. The van der Waals surface area contributed by atoms with Crippen molar-refractivity contribution < 1.29 is 4.39 Å². The molecule has 2 nitrogen and oxygen atoms in total. The molecule has 0 amide bonds. The van der Waals surface area contributed by atoms with Crippen LogP contribution in [0.15, 0.2) is 36.7 Å². The zero-order valence-corrected chi connectivity index (χ0v) is 13.1. The minimum atomic E-state index is -0.200. The second-order valence-electron chi connectivity index (χ2n) is 5.24. The summed E-state index contributed by atoms with van der Waals surface area (Å²) >= 11 is 6.19. The van der Waals surface area contributed by atoms with Crippen molar-refractivity contribution in [2.45, 2.75) is 32.7 Å². The van der Waals surface area contributed by atoms with Gasteiger partial charge in [-0.05, 0) is 61.2 Å². The number of benzene rings is 1. The highest BCUT2D eigenvalue weighted by atomic mass is 35.5. The highest BCUT2D eigenvalue weighted by Crippen LogP contribution is 2.24. The van der Waals surface area contributed by atoms with Gasteiger partial charge < -0.3 is 5.32 Å². The quantitative estimate of drug-likeness (QED) is 0.852. The molecule has 0 radical (unpaired) electrons. The van der Waals surface area contributed by atoms with Gasteiger partial charge in [0.25, 0.3) is 0 Å². The highest BCUT2D eigenvalue weighted by molar-refractivity contribution is 6.31. The van der Waals surface area contributed by atoms with Gasteiger partial charge in [0.05, 0.1) is 5.02 Å². The average molecular weight is 307 g/mol. The largest absolute Gasteiger partial charge is 0.310 e. The lowest BCUT2D eigenvalue weighted by Crippen LogP contribution is -2.24. The fraction of sp³-hybridized carbons (Fsp3) is 0.353. The van der Waals surface area contributed by atoms with E-state index in [-0.39, 0.29) is 11.9 Å². The molecule has 0 spiro atoms. The average Bonchev–Trinajstić information content (AvgIpc) is 2.44. The van der Waals surface area contributed by atoms with Crippen molar-refractivity contribution in [2.24, 2.45) is 0 Å². The van der Waals surface area contributed by atoms with Crippen molar-refractivity contribution >= 4 is 11.6 Å². The number of nitrogens with one attached hydrogen (secondary N) is 1. The molecule has 1 atom stereocenters. The predicted molar refractivity (Wildman–Crippen MR) is 85.1 cm³/mol. The molecule has 0 aliphatic carbocycles. The minimum Gasteiger partial charge on any atom is -0.310 e. The Morgan fingerprint density at radius 3 is 2.81 bits per heavy atom. The summed E-state index contributed by atoms with van der Waals surface area (Å²) in [5.74, 6) is -0.200. The Morgan fingerprint density at radius 1 is 1.33 bits per heavy atom. The van der Waals surface area contributed by atoms with Crippen LogP contribution in [0.4, 0.5) is 4.39 Å². The van der Waals surface area contributed by atoms with Crippen LogP contribution in [0.1, 0.15) is 36.1 Å². The summed E-state index contributed by atoms with van der Waals surface area (Å²) in [6, 6.07) is 7.11. The Labute approximate surface area is 130 Å². The summed E-state index contributed by atoms with van der Waals surface area (Å²) in [5, 5.41) is 4.12. The summed E-state index contributed by atoms with van der Waals surface area (Å²) in [7, 11) is 0. The Bertz CT molecular complexity index is 581. The van der Waals surface area contributed by atoms with Crippen molar-refractivity contribution in [3.05, 3.63) is 64.2 Å². The number of aryl methyl sites for hydroxylation is 1. The number of aromatic nitrogens is 1. The van der Waals surface area contributed by atoms with Gasteiger partial charge in [-0.15, -0.1) is 0 Å². The molecule has 1 unspecified atom stereocenters. The van der Waals surface area contributed by atoms with E-state index < -0.39 is 0 Å². The van der Waals surface area contributed by atoms with E-state index in [1.807, 2.05) is 19.1 Å². The van der Waals surface area contributed by atoms with E-state index in [0.29, 0.717) is 11.4 Å². The zero-order valence-electron chi connectivity index (χ0n) is 12.4. The molecular formula is C17H20ClFN2. The summed E-state index contributed by atoms with van der Waals surface area (Å²) in [5.41, 5.74) is 2.89. The van der Waals surface area contributed by atoms with Gasteiger partial charge in [0.1, 0.15) is 5.82 Å². The Hall–Kier alpha value is -1.45. The van der Waals surface area contributed by atoms with Crippen LogP contribution < -0.4 is 5.32 Å². The van der Waals surface area contributed by atoms with E-state index in [4.69, 9.17) is 11.6 Å². The standard InChI is InChI=1S/C17H20ClFN2/c1-3-5-21-17(10-13-4-6-20-11-16(13)18)14-7-12(2)8-15(19)9-14/h4,6-9,11,17,21H,3,5,10H2,1-2H3. The third kappa shape index (κ3) is 4.51. The van der Waals surface area contributed by atoms with Crippen LogP contribution >= 0.6 is 11.6 Å². The van der Waals surface area contributed by atoms with Gasteiger partial charge in [-0.1, -0.05) is 24.6 Å². The van der Waals surface area contributed by atoms with Gasteiger partial charge in [-0.2, -0.15) is 0 Å². The first-order valence-electron chi connectivity index (χ1n) is 7.19. The van der Waals surface area contributed by atoms with Crippen molar-refractivity contribution in [2.75, 3.05) is 6.54 Å². The molecule has 0 fully saturated rings. The molecule has 0 bridgehead atoms. The molecule has 21 heavy (non-hydrogen) atoms. The summed E-state index contributed by atoms with van der Waals surface area (Å²) < 4.78 is 13.7. The van der Waals surface area contributed by atoms with Gasteiger partial charge in [-0.3, -0.25) is 4.98 Å². The van der Waals surface area contributed by atoms with Crippen molar-refractivity contribution in [1.29, 1.82) is 0 Å². The lowest BCUT2D eigenvalue weighted by Gasteiger charge is -2.20. The van der Waals surface area contributed by atoms with Crippen LogP contribution in [0.3, 0.4) is 0 Å². The molecule has 1 N–H and O–H groups in total. The van der Waals surface area contributed by atoms with Crippen molar-refractivity contribution in [3.63, 3.8) is 0 Å². The molecule has 1 aromatic carbocycles. The first-order chi connectivity index (χ1) is 10.1. The van der Waals surface area contributed by atoms with Crippen LogP contribution in [-0.2, 0) is 6.42 Å². The SMILES string of the molecule is CCCNC(Cc1ccncc1Cl)c1cc(C)cc(F)c1. The number of pyridine rings is 1. The number of hydrogen-bond acceptors (Lipinski definition) is 2. The lowest BCUT2D eigenvalue weighted by atomic mass is 9.97. The van der Waals surface area contributed by atoms with E-state index in [0.717, 1.165) is 29.7 Å². The fourth-order valence-corrected chi connectivity index (χ4v) is 2.58. The first kappa shape index (κ1) is 15.9. The van der Waals surface area contributed by atoms with Gasteiger partial charge in [-0.25, -0.2) is 4.39 Å². The van der Waals surface area contributed by atoms with E-state index >= 15 is 0 Å². The van der Waals surface area contributed by atoms with E-state index in [2.05, 4.69) is 17.2 Å². The Balaban J connectivity index is 2.27. The van der Waals surface area contributed by atoms with E-state index in [1.165, 1.54) is 0 Å². The van der Waals surface area contributed by atoms with Crippen molar-refractivity contribution in [3.8, 4) is 0 Å². The molecule has 0 saturated heterocycles. The van der Waals surface area contributed by atoms with Gasteiger partial charge in [0, 0.05) is 18.4 Å². The van der Waals surface area contributed by atoms with Gasteiger partial charge in [0.2, 0.25) is 0 Å². The molecule has 112 valence electrons. The molecule has 2 aromatic rings. The predicted octanol–water partition coefficient (Wildman–Crippen LogP) is 4.47. The van der Waals surface area contributed by atoms with Crippen LogP contribution in [0.2, 0.25) is 5.02 Å². The summed E-state index contributed by atoms with van der Waals surface area (Å²) in [6.45, 7) is 4.89. The van der Waals surface area contributed by atoms with Crippen molar-refractivity contribution in [1.82, 2.24) is 10.3 Å². The van der Waals surface area contributed by atoms with Crippen LogP contribution in [0, 0.1) is 12.7 Å². The summed E-state index contributed by atoms with van der Waals surface area (Å²) in [4.78, 5) is 4.00. The fourth-order valence-electron chi connectivity index (χ4n) is 2.38. The van der Waals surface area contributed by atoms with E-state index in [1.54, 1.807) is 24.5 Å². The molecular weight excluding hydrogens is 287 g/mol.